The average molecular weight is 282 g/mol. The lowest BCUT2D eigenvalue weighted by Crippen LogP contribution is -2.38. The number of anilines is 1. The second-order valence-corrected chi connectivity index (χ2v) is 6.12. The molecule has 6 nitrogen and oxygen atoms in total. The molecule has 1 aromatic carbocycles. The van der Waals surface area contributed by atoms with Gasteiger partial charge in [-0.25, -0.2) is 8.42 Å². The zero-order chi connectivity index (χ0) is 14.5. The molecule has 0 radical (unpaired) electrons. The Morgan fingerprint density at radius 3 is 2.58 bits per heavy atom. The summed E-state index contributed by atoms with van der Waals surface area (Å²) in [7, 11) is -3.68. The molecule has 0 aromatic heterocycles. The standard InChI is InChI=1S/C12H18N4O2S/c1-10(2)16(9-5-8-13)19(17,18)12-7-4-3-6-11(12)15-14/h3-4,6-7,10,15H,5,9,14H2,1-2H3. The van der Waals surface area contributed by atoms with E-state index >= 15 is 0 Å². The summed E-state index contributed by atoms with van der Waals surface area (Å²) < 4.78 is 26.5. The monoisotopic (exact) mass is 282 g/mol. The van der Waals surface area contributed by atoms with Gasteiger partial charge in [-0.15, -0.1) is 0 Å². The fourth-order valence-corrected chi connectivity index (χ4v) is 3.55. The predicted octanol–water partition coefficient (Wildman–Crippen LogP) is 1.28. The summed E-state index contributed by atoms with van der Waals surface area (Å²) in [6.07, 6.45) is 0.148. The van der Waals surface area contributed by atoms with Crippen LogP contribution in [0.25, 0.3) is 0 Å². The third-order valence-corrected chi connectivity index (χ3v) is 4.78. The minimum Gasteiger partial charge on any atom is -0.323 e. The van der Waals surface area contributed by atoms with Crippen molar-refractivity contribution in [2.45, 2.75) is 31.2 Å². The highest BCUT2D eigenvalue weighted by atomic mass is 32.2. The van der Waals surface area contributed by atoms with E-state index in [0.717, 1.165) is 0 Å². The lowest BCUT2D eigenvalue weighted by atomic mass is 10.3. The Morgan fingerprint density at radius 2 is 2.05 bits per heavy atom. The van der Waals surface area contributed by atoms with Gasteiger partial charge >= 0.3 is 0 Å². The number of nitriles is 1. The molecule has 0 aliphatic rings. The van der Waals surface area contributed by atoms with Gasteiger partial charge in [0.15, 0.2) is 0 Å². The van der Waals surface area contributed by atoms with Gasteiger partial charge < -0.3 is 5.43 Å². The van der Waals surface area contributed by atoms with Crippen molar-refractivity contribution in [3.63, 3.8) is 0 Å². The van der Waals surface area contributed by atoms with E-state index in [0.29, 0.717) is 5.69 Å². The second-order valence-electron chi connectivity index (χ2n) is 4.26. The number of nitrogen functional groups attached to an aromatic ring is 1. The molecule has 7 heteroatoms. The molecule has 1 aromatic rings. The van der Waals surface area contributed by atoms with E-state index in [2.05, 4.69) is 5.43 Å². The van der Waals surface area contributed by atoms with Crippen molar-refractivity contribution in [3.8, 4) is 6.07 Å². The number of sulfonamides is 1. The number of rotatable bonds is 6. The van der Waals surface area contributed by atoms with Gasteiger partial charge in [-0.05, 0) is 26.0 Å². The first-order valence-electron chi connectivity index (χ1n) is 5.89. The molecule has 0 atom stereocenters. The van der Waals surface area contributed by atoms with Crippen LogP contribution in [0.5, 0.6) is 0 Å². The third kappa shape index (κ3) is 3.44. The lowest BCUT2D eigenvalue weighted by molar-refractivity contribution is 0.360. The first-order chi connectivity index (χ1) is 8.95. The van der Waals surface area contributed by atoms with Gasteiger partial charge in [0.05, 0.1) is 11.8 Å². The first kappa shape index (κ1) is 15.4. The molecule has 104 valence electrons. The molecular formula is C12H18N4O2S. The average Bonchev–Trinajstić information content (AvgIpc) is 2.38. The smallest absolute Gasteiger partial charge is 0.245 e. The van der Waals surface area contributed by atoms with Crippen molar-refractivity contribution in [2.24, 2.45) is 5.84 Å². The molecule has 0 amide bonds. The summed E-state index contributed by atoms with van der Waals surface area (Å²) in [5.74, 6) is 5.34. The highest BCUT2D eigenvalue weighted by Crippen LogP contribution is 2.25. The molecule has 0 saturated heterocycles. The van der Waals surface area contributed by atoms with Crippen LogP contribution in [0.3, 0.4) is 0 Å². The van der Waals surface area contributed by atoms with Gasteiger partial charge in [0.25, 0.3) is 0 Å². The molecule has 0 saturated carbocycles. The Hall–Kier alpha value is -1.62. The number of hydrogen-bond donors (Lipinski definition) is 2. The molecule has 0 unspecified atom stereocenters. The number of hydrogen-bond acceptors (Lipinski definition) is 5. The Kier molecular flexibility index (Phi) is 5.30. The Labute approximate surface area is 113 Å². The zero-order valence-electron chi connectivity index (χ0n) is 11.0. The Balaban J connectivity index is 3.23. The highest BCUT2D eigenvalue weighted by molar-refractivity contribution is 7.89. The SMILES string of the molecule is CC(C)N(CCC#N)S(=O)(=O)c1ccccc1NN. The fourth-order valence-electron chi connectivity index (χ4n) is 1.75. The van der Waals surface area contributed by atoms with Gasteiger partial charge in [0.2, 0.25) is 10.0 Å². The van der Waals surface area contributed by atoms with Crippen molar-refractivity contribution in [1.82, 2.24) is 4.31 Å². The summed E-state index contributed by atoms with van der Waals surface area (Å²) in [5.41, 5.74) is 2.72. The normalized spacial score (nSPS) is 11.6. The second kappa shape index (κ2) is 6.52. The van der Waals surface area contributed by atoms with Crippen LogP contribution in [-0.2, 0) is 10.0 Å². The molecule has 0 aliphatic carbocycles. The fraction of sp³-hybridized carbons (Fsp3) is 0.417. The minimum atomic E-state index is -3.68. The molecule has 0 aliphatic heterocycles. The molecule has 0 fully saturated rings. The predicted molar refractivity (Wildman–Crippen MR) is 73.5 cm³/mol. The lowest BCUT2D eigenvalue weighted by Gasteiger charge is -2.25. The van der Waals surface area contributed by atoms with Crippen molar-refractivity contribution >= 4 is 15.7 Å². The van der Waals surface area contributed by atoms with Crippen LogP contribution >= 0.6 is 0 Å². The van der Waals surface area contributed by atoms with Crippen LogP contribution in [0, 0.1) is 11.3 Å². The van der Waals surface area contributed by atoms with Crippen LogP contribution in [0.4, 0.5) is 5.69 Å². The van der Waals surface area contributed by atoms with Gasteiger partial charge in [-0.3, -0.25) is 5.84 Å². The maximum atomic E-state index is 12.6. The van der Waals surface area contributed by atoms with Crippen molar-refractivity contribution in [2.75, 3.05) is 12.0 Å². The van der Waals surface area contributed by atoms with E-state index in [1.165, 1.54) is 10.4 Å². The quantitative estimate of drug-likeness (QED) is 0.605. The molecule has 3 N–H and O–H groups in total. The zero-order valence-corrected chi connectivity index (χ0v) is 11.8. The summed E-state index contributed by atoms with van der Waals surface area (Å²) >= 11 is 0. The van der Waals surface area contributed by atoms with E-state index in [1.54, 1.807) is 32.0 Å². The topological polar surface area (TPSA) is 99.2 Å². The van der Waals surface area contributed by atoms with Gasteiger partial charge in [0.1, 0.15) is 4.90 Å². The molecule has 19 heavy (non-hydrogen) atoms. The summed E-state index contributed by atoms with van der Waals surface area (Å²) in [4.78, 5) is 0.115. The number of hydrazine groups is 1. The van der Waals surface area contributed by atoms with Crippen LogP contribution in [0.1, 0.15) is 20.3 Å². The molecule has 0 spiro atoms. The number of nitrogens with one attached hydrogen (secondary N) is 1. The van der Waals surface area contributed by atoms with Gasteiger partial charge in [-0.2, -0.15) is 9.57 Å². The van der Waals surface area contributed by atoms with E-state index < -0.39 is 10.0 Å². The van der Waals surface area contributed by atoms with E-state index in [9.17, 15) is 8.42 Å². The number of nitrogens with zero attached hydrogens (tertiary/aromatic N) is 2. The number of benzene rings is 1. The van der Waals surface area contributed by atoms with Crippen molar-refractivity contribution in [3.05, 3.63) is 24.3 Å². The maximum absolute atomic E-state index is 12.6. The summed E-state index contributed by atoms with van der Waals surface area (Å²) in [5, 5.41) is 8.63. The van der Waals surface area contributed by atoms with Crippen molar-refractivity contribution in [1.29, 1.82) is 5.26 Å². The number of para-hydroxylation sites is 1. The van der Waals surface area contributed by atoms with Gasteiger partial charge in [-0.1, -0.05) is 12.1 Å². The Morgan fingerprint density at radius 1 is 1.42 bits per heavy atom. The van der Waals surface area contributed by atoms with E-state index in [1.807, 2.05) is 6.07 Å². The summed E-state index contributed by atoms with van der Waals surface area (Å²) in [6, 6.07) is 8.14. The minimum absolute atomic E-state index is 0.115. The third-order valence-electron chi connectivity index (χ3n) is 2.65. The van der Waals surface area contributed by atoms with Gasteiger partial charge in [0, 0.05) is 19.0 Å². The molecule has 0 heterocycles. The largest absolute Gasteiger partial charge is 0.323 e. The molecule has 0 bridgehead atoms. The van der Waals surface area contributed by atoms with Crippen LogP contribution in [-0.4, -0.2) is 25.3 Å². The van der Waals surface area contributed by atoms with Crippen LogP contribution in [0.15, 0.2) is 29.2 Å². The molecular weight excluding hydrogens is 264 g/mol. The maximum Gasteiger partial charge on any atom is 0.245 e. The number of nitrogens with two attached hydrogens (primary N) is 1. The highest BCUT2D eigenvalue weighted by Gasteiger charge is 2.28. The van der Waals surface area contributed by atoms with E-state index in [4.69, 9.17) is 11.1 Å². The van der Waals surface area contributed by atoms with Crippen LogP contribution in [0.2, 0.25) is 0 Å². The summed E-state index contributed by atoms with van der Waals surface area (Å²) in [6.45, 7) is 3.70. The Bertz CT molecular complexity index is 563. The van der Waals surface area contributed by atoms with Crippen LogP contribution < -0.4 is 11.3 Å². The van der Waals surface area contributed by atoms with Crippen molar-refractivity contribution < 1.29 is 8.42 Å². The first-order valence-corrected chi connectivity index (χ1v) is 7.33. The van der Waals surface area contributed by atoms with E-state index in [-0.39, 0.29) is 23.9 Å². The molecule has 1 rings (SSSR count).